The molecule has 112 valence electrons. The van der Waals surface area contributed by atoms with E-state index in [0.29, 0.717) is 5.92 Å². The summed E-state index contributed by atoms with van der Waals surface area (Å²) in [4.78, 5) is 11.0. The minimum Gasteiger partial charge on any atom is -0.339 e. The molecule has 1 fully saturated rings. The van der Waals surface area contributed by atoms with Crippen LogP contribution in [-0.2, 0) is 0 Å². The Hall–Kier alpha value is -1.47. The smallest absolute Gasteiger partial charge is 0.245 e. The summed E-state index contributed by atoms with van der Waals surface area (Å²) in [5, 5.41) is 10.6. The third-order valence-corrected chi connectivity index (χ3v) is 4.18. The molecular weight excluding hydrogens is 332 g/mol. The van der Waals surface area contributed by atoms with Crippen LogP contribution in [0.25, 0.3) is 11.4 Å². The molecule has 6 nitrogen and oxygen atoms in total. The molecule has 0 aromatic carbocycles. The van der Waals surface area contributed by atoms with E-state index in [4.69, 9.17) is 0 Å². The number of anilines is 1. The largest absolute Gasteiger partial charge is 0.339 e. The van der Waals surface area contributed by atoms with Gasteiger partial charge in [0.05, 0.1) is 0 Å². The van der Waals surface area contributed by atoms with Gasteiger partial charge in [-0.2, -0.15) is 4.98 Å². The number of pyridine rings is 1. The van der Waals surface area contributed by atoms with Gasteiger partial charge in [0.2, 0.25) is 5.95 Å². The van der Waals surface area contributed by atoms with Gasteiger partial charge in [-0.05, 0) is 54.3 Å². The van der Waals surface area contributed by atoms with E-state index < -0.39 is 0 Å². The molecule has 2 aromatic rings. The highest BCUT2D eigenvalue weighted by Gasteiger charge is 2.22. The summed E-state index contributed by atoms with van der Waals surface area (Å²) in [6.07, 6.45) is 6.00. The molecule has 0 spiro atoms. The molecule has 3 heterocycles. The quantitative estimate of drug-likeness (QED) is 0.883. The zero-order valence-electron chi connectivity index (χ0n) is 12.0. The van der Waals surface area contributed by atoms with Crippen LogP contribution in [0.4, 0.5) is 5.95 Å². The normalized spacial score (nSPS) is 19.0. The molecule has 2 N–H and O–H groups in total. The van der Waals surface area contributed by atoms with Crippen molar-refractivity contribution in [2.45, 2.75) is 12.8 Å². The van der Waals surface area contributed by atoms with Crippen molar-refractivity contribution < 1.29 is 0 Å². The maximum absolute atomic E-state index is 4.62. The van der Waals surface area contributed by atoms with E-state index in [1.54, 1.807) is 12.4 Å². The number of halogens is 1. The molecule has 0 saturated carbocycles. The first-order chi connectivity index (χ1) is 10.3. The van der Waals surface area contributed by atoms with E-state index in [-0.39, 0.29) is 0 Å². The van der Waals surface area contributed by atoms with Crippen LogP contribution in [0.1, 0.15) is 12.8 Å². The number of aromatic amines is 1. The van der Waals surface area contributed by atoms with E-state index in [9.17, 15) is 0 Å². The van der Waals surface area contributed by atoms with Crippen LogP contribution in [0.5, 0.6) is 0 Å². The first kappa shape index (κ1) is 14.5. The molecule has 1 unspecified atom stereocenters. The third-order valence-electron chi connectivity index (χ3n) is 3.75. The summed E-state index contributed by atoms with van der Waals surface area (Å²) in [7, 11) is 2.00. The summed E-state index contributed by atoms with van der Waals surface area (Å²) >= 11 is 3.43. The Morgan fingerprint density at radius 1 is 1.48 bits per heavy atom. The number of hydrogen-bond donors (Lipinski definition) is 2. The molecule has 0 radical (unpaired) electrons. The van der Waals surface area contributed by atoms with Crippen LogP contribution < -0.4 is 10.2 Å². The number of nitrogens with one attached hydrogen (secondary N) is 2. The van der Waals surface area contributed by atoms with E-state index in [0.717, 1.165) is 41.4 Å². The number of rotatable bonds is 4. The summed E-state index contributed by atoms with van der Waals surface area (Å²) in [5.74, 6) is 2.21. The van der Waals surface area contributed by atoms with Crippen LogP contribution in [0, 0.1) is 5.92 Å². The molecule has 0 amide bonds. The van der Waals surface area contributed by atoms with Gasteiger partial charge in [0.25, 0.3) is 0 Å². The van der Waals surface area contributed by atoms with E-state index in [1.165, 1.54) is 12.8 Å². The molecule has 0 aliphatic carbocycles. The fourth-order valence-electron chi connectivity index (χ4n) is 2.77. The van der Waals surface area contributed by atoms with Gasteiger partial charge < -0.3 is 10.2 Å². The predicted molar refractivity (Wildman–Crippen MR) is 86.2 cm³/mol. The second-order valence-electron chi connectivity index (χ2n) is 5.39. The molecule has 2 aromatic heterocycles. The Bertz CT molecular complexity index is 597. The Balaban J connectivity index is 1.75. The topological polar surface area (TPSA) is 69.7 Å². The van der Waals surface area contributed by atoms with Gasteiger partial charge in [0.15, 0.2) is 5.82 Å². The van der Waals surface area contributed by atoms with Crippen molar-refractivity contribution in [2.75, 3.05) is 31.6 Å². The fourth-order valence-corrected chi connectivity index (χ4v) is 3.13. The van der Waals surface area contributed by atoms with Gasteiger partial charge in [-0.15, -0.1) is 5.10 Å². The molecule has 1 aliphatic heterocycles. The molecule has 21 heavy (non-hydrogen) atoms. The average Bonchev–Trinajstić information content (AvgIpc) is 2.98. The molecule has 3 rings (SSSR count). The zero-order valence-corrected chi connectivity index (χ0v) is 13.6. The van der Waals surface area contributed by atoms with Gasteiger partial charge >= 0.3 is 0 Å². The first-order valence-corrected chi connectivity index (χ1v) is 7.98. The zero-order chi connectivity index (χ0) is 14.7. The van der Waals surface area contributed by atoms with E-state index >= 15 is 0 Å². The van der Waals surface area contributed by atoms with Gasteiger partial charge in [0.1, 0.15) is 0 Å². The van der Waals surface area contributed by atoms with Gasteiger partial charge in [-0.1, -0.05) is 0 Å². The molecule has 1 saturated heterocycles. The lowest BCUT2D eigenvalue weighted by Crippen LogP contribution is -2.39. The number of nitrogens with zero attached hydrogens (tertiary/aromatic N) is 4. The Kier molecular flexibility index (Phi) is 4.50. The third kappa shape index (κ3) is 3.41. The second kappa shape index (κ2) is 6.53. The first-order valence-electron chi connectivity index (χ1n) is 7.19. The molecule has 0 bridgehead atoms. The Morgan fingerprint density at radius 2 is 2.38 bits per heavy atom. The summed E-state index contributed by atoms with van der Waals surface area (Å²) in [6, 6.07) is 1.98. The van der Waals surface area contributed by atoms with Crippen molar-refractivity contribution >= 4 is 21.9 Å². The van der Waals surface area contributed by atoms with Crippen LogP contribution in [0.15, 0.2) is 22.9 Å². The molecule has 1 atom stereocenters. The maximum atomic E-state index is 4.62. The van der Waals surface area contributed by atoms with Crippen molar-refractivity contribution in [1.29, 1.82) is 0 Å². The molecular formula is C14H19BrN6. The highest BCUT2D eigenvalue weighted by atomic mass is 79.9. The van der Waals surface area contributed by atoms with E-state index in [1.807, 2.05) is 13.1 Å². The lowest BCUT2D eigenvalue weighted by molar-refractivity contribution is 0.399. The number of hydrogen-bond acceptors (Lipinski definition) is 5. The highest BCUT2D eigenvalue weighted by Crippen LogP contribution is 2.23. The number of piperidine rings is 1. The second-order valence-corrected chi connectivity index (χ2v) is 6.30. The fraction of sp³-hybridized carbons (Fsp3) is 0.500. The maximum Gasteiger partial charge on any atom is 0.245 e. The molecule has 1 aliphatic rings. The van der Waals surface area contributed by atoms with Crippen LogP contribution in [0.2, 0.25) is 0 Å². The van der Waals surface area contributed by atoms with Crippen molar-refractivity contribution in [3.8, 4) is 11.4 Å². The minimum absolute atomic E-state index is 0.665. The number of H-pyrrole nitrogens is 1. The monoisotopic (exact) mass is 350 g/mol. The van der Waals surface area contributed by atoms with Gasteiger partial charge in [-0.3, -0.25) is 10.1 Å². The summed E-state index contributed by atoms with van der Waals surface area (Å²) < 4.78 is 0.935. The van der Waals surface area contributed by atoms with E-state index in [2.05, 4.69) is 46.3 Å². The SMILES string of the molecule is CNCC1CCCN(c2n[nH]c(-c3cncc(Br)c3)n2)C1. The van der Waals surface area contributed by atoms with Crippen molar-refractivity contribution in [3.05, 3.63) is 22.9 Å². The average molecular weight is 351 g/mol. The van der Waals surface area contributed by atoms with Crippen LogP contribution in [-0.4, -0.2) is 46.8 Å². The number of aromatic nitrogens is 4. The van der Waals surface area contributed by atoms with Crippen molar-refractivity contribution in [3.63, 3.8) is 0 Å². The Labute approximate surface area is 132 Å². The van der Waals surface area contributed by atoms with Crippen molar-refractivity contribution in [2.24, 2.45) is 5.92 Å². The minimum atomic E-state index is 0.665. The summed E-state index contributed by atoms with van der Waals surface area (Å²) in [5.41, 5.74) is 0.937. The summed E-state index contributed by atoms with van der Waals surface area (Å²) in [6.45, 7) is 3.08. The van der Waals surface area contributed by atoms with Gasteiger partial charge in [-0.25, -0.2) is 0 Å². The Morgan fingerprint density at radius 3 is 3.19 bits per heavy atom. The van der Waals surface area contributed by atoms with Crippen LogP contribution >= 0.6 is 15.9 Å². The van der Waals surface area contributed by atoms with Gasteiger partial charge in [0, 0.05) is 35.5 Å². The lowest BCUT2D eigenvalue weighted by atomic mass is 9.98. The highest BCUT2D eigenvalue weighted by molar-refractivity contribution is 9.10. The lowest BCUT2D eigenvalue weighted by Gasteiger charge is -2.31. The van der Waals surface area contributed by atoms with Crippen LogP contribution in [0.3, 0.4) is 0 Å². The van der Waals surface area contributed by atoms with Crippen molar-refractivity contribution in [1.82, 2.24) is 25.5 Å². The molecule has 7 heteroatoms. The standard InChI is InChI=1S/C14H19BrN6/c1-16-6-10-3-2-4-21(9-10)14-18-13(19-20-14)11-5-12(15)8-17-7-11/h5,7-8,10,16H,2-4,6,9H2,1H3,(H,18,19,20). The predicted octanol–water partition coefficient (Wildman–Crippen LogP) is 2.06.